The third kappa shape index (κ3) is 4.51. The maximum absolute atomic E-state index is 12.0. The van der Waals surface area contributed by atoms with Gasteiger partial charge in [0.15, 0.2) is 6.61 Å². The van der Waals surface area contributed by atoms with Crippen LogP contribution in [0.25, 0.3) is 0 Å². The summed E-state index contributed by atoms with van der Waals surface area (Å²) in [5, 5.41) is 2.66. The molecule has 2 heterocycles. The van der Waals surface area contributed by atoms with Gasteiger partial charge < -0.3 is 10.1 Å². The van der Waals surface area contributed by atoms with Crippen LogP contribution in [0.5, 0.6) is 0 Å². The van der Waals surface area contributed by atoms with E-state index in [0.29, 0.717) is 16.3 Å². The highest BCUT2D eigenvalue weighted by Crippen LogP contribution is 2.18. The second kappa shape index (κ2) is 7.33. The Morgan fingerprint density at radius 3 is 2.45 bits per heavy atom. The lowest BCUT2D eigenvalue weighted by molar-refractivity contribution is -0.119. The zero-order valence-electron chi connectivity index (χ0n) is 12.2. The molecule has 0 aliphatic heterocycles. The number of rotatable bonds is 6. The Kier molecular flexibility index (Phi) is 5.46. The zero-order valence-corrected chi connectivity index (χ0v) is 13.8. The van der Waals surface area contributed by atoms with Gasteiger partial charge in [0.25, 0.3) is 0 Å². The van der Waals surface area contributed by atoms with Crippen LogP contribution in [0.4, 0.5) is 0 Å². The summed E-state index contributed by atoms with van der Waals surface area (Å²) in [6.07, 6.45) is 0. The van der Waals surface area contributed by atoms with Crippen molar-refractivity contribution in [2.24, 2.45) is 0 Å². The van der Waals surface area contributed by atoms with Crippen LogP contribution in [0.15, 0.2) is 24.3 Å². The Labute approximate surface area is 135 Å². The van der Waals surface area contributed by atoms with Crippen molar-refractivity contribution < 1.29 is 19.1 Å². The van der Waals surface area contributed by atoms with Gasteiger partial charge in [-0.1, -0.05) is 0 Å². The molecule has 0 aromatic carbocycles. The Morgan fingerprint density at radius 1 is 1.09 bits per heavy atom. The summed E-state index contributed by atoms with van der Waals surface area (Å²) in [7, 11) is 0. The molecule has 0 saturated carbocycles. The first-order valence-corrected chi connectivity index (χ1v) is 8.19. The van der Waals surface area contributed by atoms with E-state index in [1.807, 2.05) is 13.0 Å². The van der Waals surface area contributed by atoms with Crippen molar-refractivity contribution in [2.75, 3.05) is 6.61 Å². The van der Waals surface area contributed by atoms with Crippen LogP contribution in [0.3, 0.4) is 0 Å². The van der Waals surface area contributed by atoms with E-state index >= 15 is 0 Å². The van der Waals surface area contributed by atoms with Gasteiger partial charge in [0.05, 0.1) is 11.4 Å². The molecule has 116 valence electrons. The number of carbonyl (C=O) groups excluding carboxylic acids is 3. The fourth-order valence-corrected chi connectivity index (χ4v) is 3.28. The highest BCUT2D eigenvalue weighted by molar-refractivity contribution is 7.14. The second-order valence-electron chi connectivity index (χ2n) is 4.59. The van der Waals surface area contributed by atoms with E-state index in [1.54, 1.807) is 18.2 Å². The molecular weight excluding hydrogens is 322 g/mol. The lowest BCUT2D eigenvalue weighted by atomic mass is 10.3. The molecule has 0 bridgehead atoms. The van der Waals surface area contributed by atoms with Crippen LogP contribution in [-0.2, 0) is 16.1 Å². The number of ketones is 1. The normalized spacial score (nSPS) is 10.3. The summed E-state index contributed by atoms with van der Waals surface area (Å²) >= 11 is 2.61. The van der Waals surface area contributed by atoms with Gasteiger partial charge in [0, 0.05) is 16.7 Å². The molecule has 2 aromatic rings. The Morgan fingerprint density at radius 2 is 1.82 bits per heavy atom. The van der Waals surface area contributed by atoms with Gasteiger partial charge in [-0.15, -0.1) is 22.7 Å². The predicted octanol–water partition coefficient (Wildman–Crippen LogP) is 2.79. The number of thiophene rings is 2. The number of amides is 1. The lowest BCUT2D eigenvalue weighted by Gasteiger charge is -2.01. The maximum atomic E-state index is 12.0. The van der Waals surface area contributed by atoms with E-state index < -0.39 is 5.97 Å². The number of Topliss-reactive ketones (excluding diaryl/α,β-unsaturated/α-hetero) is 1. The summed E-state index contributed by atoms with van der Waals surface area (Å²) in [5.41, 5.74) is 0. The molecule has 0 aliphatic carbocycles. The van der Waals surface area contributed by atoms with Crippen molar-refractivity contribution in [2.45, 2.75) is 20.4 Å². The highest BCUT2D eigenvalue weighted by Gasteiger charge is 2.15. The molecule has 7 heteroatoms. The quantitative estimate of drug-likeness (QED) is 0.650. The number of hydrogen-bond donors (Lipinski definition) is 1. The van der Waals surface area contributed by atoms with Crippen LogP contribution in [0.1, 0.15) is 36.0 Å². The van der Waals surface area contributed by atoms with Crippen LogP contribution < -0.4 is 5.32 Å². The van der Waals surface area contributed by atoms with Crippen molar-refractivity contribution in [3.8, 4) is 0 Å². The van der Waals surface area contributed by atoms with Gasteiger partial charge in [-0.25, -0.2) is 4.79 Å². The Balaban J connectivity index is 1.87. The molecule has 22 heavy (non-hydrogen) atoms. The Bertz CT molecular complexity index is 702. The summed E-state index contributed by atoms with van der Waals surface area (Å²) in [6, 6.07) is 6.96. The largest absolute Gasteiger partial charge is 0.453 e. The number of aryl methyl sites for hydroxylation is 1. The topological polar surface area (TPSA) is 72.5 Å². The van der Waals surface area contributed by atoms with Crippen molar-refractivity contribution in [3.05, 3.63) is 43.8 Å². The van der Waals surface area contributed by atoms with Crippen LogP contribution in [0, 0.1) is 6.92 Å². The zero-order chi connectivity index (χ0) is 16.1. The first-order chi connectivity index (χ1) is 10.5. The molecule has 0 spiro atoms. The first kappa shape index (κ1) is 16.4. The van der Waals surface area contributed by atoms with Crippen LogP contribution in [0.2, 0.25) is 0 Å². The summed E-state index contributed by atoms with van der Waals surface area (Å²) in [5.74, 6) is -0.858. The minimum Gasteiger partial charge on any atom is -0.453 e. The third-order valence-corrected chi connectivity index (χ3v) is 4.83. The van der Waals surface area contributed by atoms with E-state index in [-0.39, 0.29) is 18.3 Å². The standard InChI is InChI=1S/C15H15NO4S2/c1-9-3-5-14(21-9)15(19)20-8-12(18)13-6-4-11(22-13)7-16-10(2)17/h3-6H,7-8H2,1-2H3,(H,16,17). The van der Waals surface area contributed by atoms with Crippen molar-refractivity contribution in [1.82, 2.24) is 5.32 Å². The fraction of sp³-hybridized carbons (Fsp3) is 0.267. The average molecular weight is 337 g/mol. The summed E-state index contributed by atoms with van der Waals surface area (Å²) in [6.45, 7) is 3.44. The molecule has 2 aromatic heterocycles. The van der Waals surface area contributed by atoms with Gasteiger partial charge in [0.1, 0.15) is 4.88 Å². The van der Waals surface area contributed by atoms with Crippen LogP contribution >= 0.6 is 22.7 Å². The predicted molar refractivity (Wildman–Crippen MR) is 85.5 cm³/mol. The molecule has 0 saturated heterocycles. The monoisotopic (exact) mass is 337 g/mol. The van der Waals surface area contributed by atoms with E-state index in [9.17, 15) is 14.4 Å². The number of esters is 1. The van der Waals surface area contributed by atoms with Crippen molar-refractivity contribution in [1.29, 1.82) is 0 Å². The molecule has 1 amide bonds. The molecule has 0 radical (unpaired) electrons. The number of ether oxygens (including phenoxy) is 1. The van der Waals surface area contributed by atoms with Gasteiger partial charge in [-0.3, -0.25) is 9.59 Å². The molecular formula is C15H15NO4S2. The average Bonchev–Trinajstić information content (AvgIpc) is 3.11. The molecule has 0 atom stereocenters. The third-order valence-electron chi connectivity index (χ3n) is 2.72. The van der Waals surface area contributed by atoms with Gasteiger partial charge >= 0.3 is 5.97 Å². The van der Waals surface area contributed by atoms with Crippen molar-refractivity contribution >= 4 is 40.3 Å². The molecule has 0 aliphatic rings. The van der Waals surface area contributed by atoms with E-state index in [0.717, 1.165) is 9.75 Å². The van der Waals surface area contributed by atoms with Crippen molar-refractivity contribution in [3.63, 3.8) is 0 Å². The molecule has 1 N–H and O–H groups in total. The van der Waals surface area contributed by atoms with Gasteiger partial charge in [-0.2, -0.15) is 0 Å². The van der Waals surface area contributed by atoms with Gasteiger partial charge in [0.2, 0.25) is 11.7 Å². The van der Waals surface area contributed by atoms with E-state index in [2.05, 4.69) is 5.32 Å². The minimum atomic E-state index is -0.485. The fourth-order valence-electron chi connectivity index (χ4n) is 1.65. The SMILES string of the molecule is CC(=O)NCc1ccc(C(=O)COC(=O)c2ccc(C)s2)s1. The summed E-state index contributed by atoms with van der Waals surface area (Å²) in [4.78, 5) is 37.5. The molecule has 0 fully saturated rings. The van der Waals surface area contributed by atoms with E-state index in [1.165, 1.54) is 29.6 Å². The minimum absolute atomic E-state index is 0.124. The van der Waals surface area contributed by atoms with E-state index in [4.69, 9.17) is 4.74 Å². The summed E-state index contributed by atoms with van der Waals surface area (Å²) < 4.78 is 5.02. The number of hydrogen-bond acceptors (Lipinski definition) is 6. The lowest BCUT2D eigenvalue weighted by Crippen LogP contribution is -2.18. The number of nitrogens with one attached hydrogen (secondary N) is 1. The smallest absolute Gasteiger partial charge is 0.348 e. The maximum Gasteiger partial charge on any atom is 0.348 e. The first-order valence-electron chi connectivity index (χ1n) is 6.55. The molecule has 5 nitrogen and oxygen atoms in total. The number of carbonyl (C=O) groups is 3. The highest BCUT2D eigenvalue weighted by atomic mass is 32.1. The Hall–Kier alpha value is -1.99. The van der Waals surface area contributed by atoms with Gasteiger partial charge in [-0.05, 0) is 31.2 Å². The second-order valence-corrected chi connectivity index (χ2v) is 7.04. The van der Waals surface area contributed by atoms with Crippen LogP contribution in [-0.4, -0.2) is 24.3 Å². The molecule has 2 rings (SSSR count). The molecule has 0 unspecified atom stereocenters.